The number of nitrogens with zero attached hydrogens (tertiary/aromatic N) is 2. The molecule has 2 aromatic rings. The van der Waals surface area contributed by atoms with Gasteiger partial charge in [0.05, 0.1) is 5.52 Å². The monoisotopic (exact) mass is 291 g/mol. The number of carboxylic acid groups (broad SMARTS) is 1. The number of para-hydroxylation sites is 1. The minimum atomic E-state index is -1.12. The van der Waals surface area contributed by atoms with E-state index in [2.05, 4.69) is 28.5 Å². The van der Waals surface area contributed by atoms with Crippen molar-refractivity contribution in [2.75, 3.05) is 17.3 Å². The first kappa shape index (κ1) is 14.6. The predicted octanol–water partition coefficient (Wildman–Crippen LogP) is 2.88. The van der Waals surface area contributed by atoms with Gasteiger partial charge in [-0.05, 0) is 37.5 Å². The molecule has 0 amide bonds. The molecule has 0 aliphatic rings. The smallest absolute Gasteiger partial charge is 0.374 e. The number of hydrogen-bond donors (Lipinski definition) is 2. The molecule has 1 aromatic heterocycles. The van der Waals surface area contributed by atoms with E-state index in [9.17, 15) is 4.79 Å². The van der Waals surface area contributed by atoms with Crippen molar-refractivity contribution in [3.05, 3.63) is 30.1 Å². The lowest BCUT2D eigenvalue weighted by Gasteiger charge is -2.15. The van der Waals surface area contributed by atoms with Crippen molar-refractivity contribution in [1.29, 1.82) is 0 Å². The molecule has 5 nitrogen and oxygen atoms in total. The largest absolute Gasteiger partial charge is 0.475 e. The number of carboxylic acids is 1. The predicted molar refractivity (Wildman–Crippen MR) is 82.6 cm³/mol. The van der Waals surface area contributed by atoms with Crippen LogP contribution in [0.25, 0.3) is 10.9 Å². The maximum Gasteiger partial charge on any atom is 0.374 e. The Morgan fingerprint density at radius 2 is 2.15 bits per heavy atom. The number of nitrogens with one attached hydrogen (secondary N) is 1. The van der Waals surface area contributed by atoms with Gasteiger partial charge in [-0.15, -0.1) is 0 Å². The second-order valence-corrected chi connectivity index (χ2v) is 5.53. The van der Waals surface area contributed by atoms with Crippen LogP contribution in [-0.4, -0.2) is 39.1 Å². The molecule has 0 bridgehead atoms. The minimum absolute atomic E-state index is 0.178. The molecule has 1 heterocycles. The van der Waals surface area contributed by atoms with Crippen molar-refractivity contribution in [2.24, 2.45) is 0 Å². The maximum absolute atomic E-state index is 11.1. The summed E-state index contributed by atoms with van der Waals surface area (Å²) in [4.78, 5) is 19.3. The minimum Gasteiger partial charge on any atom is -0.475 e. The number of aromatic carboxylic acids is 1. The number of carbonyl (C=O) groups is 1. The highest BCUT2D eigenvalue weighted by Gasteiger charge is 2.13. The molecule has 1 aromatic carbocycles. The lowest BCUT2D eigenvalue weighted by atomic mass is 10.2. The molecular weight excluding hydrogens is 274 g/mol. The first-order valence-electron chi connectivity index (χ1n) is 6.37. The SMILES string of the molecule is CSCCC(C)Nc1nc(C(=O)O)nc2ccccc12. The van der Waals surface area contributed by atoms with Crippen molar-refractivity contribution >= 4 is 34.5 Å². The Bertz CT molecular complexity index is 618. The summed E-state index contributed by atoms with van der Waals surface area (Å²) in [5, 5.41) is 13.2. The first-order valence-corrected chi connectivity index (χ1v) is 7.76. The highest BCUT2D eigenvalue weighted by atomic mass is 32.2. The lowest BCUT2D eigenvalue weighted by Crippen LogP contribution is -2.18. The summed E-state index contributed by atoms with van der Waals surface area (Å²) < 4.78 is 0. The molecule has 20 heavy (non-hydrogen) atoms. The third kappa shape index (κ3) is 3.39. The zero-order valence-corrected chi connectivity index (χ0v) is 12.3. The lowest BCUT2D eigenvalue weighted by molar-refractivity contribution is 0.0684. The molecule has 0 radical (unpaired) electrons. The fraction of sp³-hybridized carbons (Fsp3) is 0.357. The van der Waals surface area contributed by atoms with Gasteiger partial charge in [-0.2, -0.15) is 11.8 Å². The van der Waals surface area contributed by atoms with Crippen molar-refractivity contribution < 1.29 is 9.90 Å². The van der Waals surface area contributed by atoms with Crippen LogP contribution in [0.5, 0.6) is 0 Å². The molecule has 106 valence electrons. The van der Waals surface area contributed by atoms with E-state index in [0.717, 1.165) is 17.6 Å². The number of fused-ring (bicyclic) bond motifs is 1. The molecule has 1 atom stereocenters. The van der Waals surface area contributed by atoms with Crippen LogP contribution in [-0.2, 0) is 0 Å². The van der Waals surface area contributed by atoms with E-state index in [1.807, 2.05) is 18.2 Å². The summed E-state index contributed by atoms with van der Waals surface area (Å²) in [7, 11) is 0. The third-order valence-corrected chi connectivity index (χ3v) is 3.58. The molecule has 0 saturated carbocycles. The Morgan fingerprint density at radius 1 is 1.40 bits per heavy atom. The second-order valence-electron chi connectivity index (χ2n) is 4.54. The summed E-state index contributed by atoms with van der Waals surface area (Å²) in [5.74, 6) is 0.337. The topological polar surface area (TPSA) is 75.1 Å². The number of aromatic nitrogens is 2. The van der Waals surface area contributed by atoms with E-state index < -0.39 is 5.97 Å². The van der Waals surface area contributed by atoms with E-state index in [1.54, 1.807) is 17.8 Å². The normalized spacial score (nSPS) is 12.3. The zero-order valence-electron chi connectivity index (χ0n) is 11.5. The van der Waals surface area contributed by atoms with E-state index >= 15 is 0 Å². The average Bonchev–Trinajstić information content (AvgIpc) is 2.44. The number of hydrogen-bond acceptors (Lipinski definition) is 5. The highest BCUT2D eigenvalue weighted by Crippen LogP contribution is 2.21. The number of rotatable bonds is 6. The Balaban J connectivity index is 2.37. The summed E-state index contributed by atoms with van der Waals surface area (Å²) in [5.41, 5.74) is 0.638. The van der Waals surface area contributed by atoms with Crippen LogP contribution < -0.4 is 5.32 Å². The molecule has 2 rings (SSSR count). The molecule has 0 saturated heterocycles. The van der Waals surface area contributed by atoms with Gasteiger partial charge < -0.3 is 10.4 Å². The molecule has 0 aliphatic carbocycles. The number of anilines is 1. The van der Waals surface area contributed by atoms with Crippen LogP contribution in [0.3, 0.4) is 0 Å². The van der Waals surface area contributed by atoms with E-state index in [-0.39, 0.29) is 11.9 Å². The molecular formula is C14H17N3O2S. The van der Waals surface area contributed by atoms with Crippen LogP contribution in [0.2, 0.25) is 0 Å². The van der Waals surface area contributed by atoms with Crippen molar-refractivity contribution in [3.63, 3.8) is 0 Å². The van der Waals surface area contributed by atoms with Crippen molar-refractivity contribution in [3.8, 4) is 0 Å². The van der Waals surface area contributed by atoms with Crippen LogP contribution in [0, 0.1) is 0 Å². The molecule has 0 aliphatic heterocycles. The van der Waals surface area contributed by atoms with Gasteiger partial charge in [-0.1, -0.05) is 12.1 Å². The fourth-order valence-corrected chi connectivity index (χ4v) is 2.47. The summed E-state index contributed by atoms with van der Waals surface area (Å²) >= 11 is 1.79. The van der Waals surface area contributed by atoms with Gasteiger partial charge in [0, 0.05) is 11.4 Å². The molecule has 6 heteroatoms. The van der Waals surface area contributed by atoms with Gasteiger partial charge in [0.25, 0.3) is 0 Å². The summed E-state index contributed by atoms with van der Waals surface area (Å²) in [6.07, 6.45) is 3.05. The Kier molecular flexibility index (Phi) is 4.79. The molecule has 0 spiro atoms. The van der Waals surface area contributed by atoms with Gasteiger partial charge >= 0.3 is 5.97 Å². The maximum atomic E-state index is 11.1. The molecule has 2 N–H and O–H groups in total. The number of thioether (sulfide) groups is 1. The Hall–Kier alpha value is -1.82. The molecule has 0 fully saturated rings. The van der Waals surface area contributed by atoms with Gasteiger partial charge in [-0.25, -0.2) is 14.8 Å². The molecule has 1 unspecified atom stereocenters. The summed E-state index contributed by atoms with van der Waals surface area (Å²) in [6, 6.07) is 7.64. The van der Waals surface area contributed by atoms with Gasteiger partial charge in [0.1, 0.15) is 5.82 Å². The quantitative estimate of drug-likeness (QED) is 0.852. The Morgan fingerprint density at radius 3 is 2.85 bits per heavy atom. The van der Waals surface area contributed by atoms with E-state index in [0.29, 0.717) is 11.3 Å². The van der Waals surface area contributed by atoms with E-state index in [1.165, 1.54) is 0 Å². The fourth-order valence-electron chi connectivity index (χ4n) is 1.88. The van der Waals surface area contributed by atoms with Gasteiger partial charge in [0.15, 0.2) is 0 Å². The Labute approximate surface area is 121 Å². The van der Waals surface area contributed by atoms with Crippen molar-refractivity contribution in [2.45, 2.75) is 19.4 Å². The van der Waals surface area contributed by atoms with Gasteiger partial charge in [-0.3, -0.25) is 0 Å². The standard InChI is InChI=1S/C14H17N3O2S/c1-9(7-8-20-2)15-12-10-5-3-4-6-11(10)16-13(17-12)14(18)19/h3-6,9H,7-8H2,1-2H3,(H,18,19)(H,15,16,17). The van der Waals surface area contributed by atoms with Crippen LogP contribution in [0.1, 0.15) is 24.0 Å². The third-order valence-electron chi connectivity index (χ3n) is 2.93. The van der Waals surface area contributed by atoms with Crippen LogP contribution >= 0.6 is 11.8 Å². The second kappa shape index (κ2) is 6.56. The zero-order chi connectivity index (χ0) is 14.5. The average molecular weight is 291 g/mol. The summed E-state index contributed by atoms with van der Waals surface area (Å²) in [6.45, 7) is 2.06. The van der Waals surface area contributed by atoms with Gasteiger partial charge in [0.2, 0.25) is 5.82 Å². The first-order chi connectivity index (χ1) is 9.61. The van der Waals surface area contributed by atoms with Crippen molar-refractivity contribution in [1.82, 2.24) is 9.97 Å². The van der Waals surface area contributed by atoms with Crippen LogP contribution in [0.15, 0.2) is 24.3 Å². The van der Waals surface area contributed by atoms with Crippen LogP contribution in [0.4, 0.5) is 5.82 Å². The number of benzene rings is 1. The van der Waals surface area contributed by atoms with E-state index in [4.69, 9.17) is 5.11 Å². The highest BCUT2D eigenvalue weighted by molar-refractivity contribution is 7.98.